The molecule has 0 bridgehead atoms. The number of carbonyl (C=O) groups excluding carboxylic acids is 2. The summed E-state index contributed by atoms with van der Waals surface area (Å²) in [6.07, 6.45) is 1.55. The van der Waals surface area contributed by atoms with E-state index in [2.05, 4.69) is 27.7 Å². The summed E-state index contributed by atoms with van der Waals surface area (Å²) in [5, 5.41) is 5.24. The lowest BCUT2D eigenvalue weighted by Gasteiger charge is -2.36. The quantitative estimate of drug-likeness (QED) is 0.803. The van der Waals surface area contributed by atoms with Gasteiger partial charge in [0.15, 0.2) is 0 Å². The molecular formula is C20H24N4O3S. The minimum atomic E-state index is -1.22. The summed E-state index contributed by atoms with van der Waals surface area (Å²) in [6, 6.07) is 16.5. The smallest absolute Gasteiger partial charge is 0.319 e. The maximum absolute atomic E-state index is 12.4. The van der Waals surface area contributed by atoms with Crippen LogP contribution in [0.1, 0.15) is 0 Å². The molecule has 3 amide bonds. The molecule has 8 heteroatoms. The van der Waals surface area contributed by atoms with E-state index < -0.39 is 16.8 Å². The van der Waals surface area contributed by atoms with Crippen molar-refractivity contribution in [3.63, 3.8) is 0 Å². The van der Waals surface area contributed by atoms with Crippen molar-refractivity contribution in [1.82, 2.24) is 10.2 Å². The predicted molar refractivity (Wildman–Crippen MR) is 111 cm³/mol. The van der Waals surface area contributed by atoms with Gasteiger partial charge >= 0.3 is 6.03 Å². The third kappa shape index (κ3) is 5.10. The average molecular weight is 401 g/mol. The van der Waals surface area contributed by atoms with Crippen LogP contribution in [0.3, 0.4) is 0 Å². The summed E-state index contributed by atoms with van der Waals surface area (Å²) in [7, 11) is -1.22. The Labute approximate surface area is 167 Å². The van der Waals surface area contributed by atoms with E-state index in [9.17, 15) is 13.8 Å². The fraction of sp³-hybridized carbons (Fsp3) is 0.300. The maximum atomic E-state index is 12.4. The zero-order valence-corrected chi connectivity index (χ0v) is 16.6. The Kier molecular flexibility index (Phi) is 6.65. The second-order valence-corrected chi connectivity index (χ2v) is 7.81. The van der Waals surface area contributed by atoms with Crippen molar-refractivity contribution >= 4 is 34.1 Å². The van der Waals surface area contributed by atoms with Crippen molar-refractivity contribution < 1.29 is 13.8 Å². The highest BCUT2D eigenvalue weighted by Gasteiger charge is 2.21. The predicted octanol–water partition coefficient (Wildman–Crippen LogP) is 1.89. The molecule has 2 aromatic rings. The lowest BCUT2D eigenvalue weighted by atomic mass is 10.2. The molecule has 1 aliphatic heterocycles. The first-order chi connectivity index (χ1) is 13.5. The second kappa shape index (κ2) is 9.36. The van der Waals surface area contributed by atoms with Crippen LogP contribution >= 0.6 is 0 Å². The van der Waals surface area contributed by atoms with Gasteiger partial charge in [-0.05, 0) is 24.3 Å². The third-order valence-electron chi connectivity index (χ3n) is 4.60. The van der Waals surface area contributed by atoms with Crippen LogP contribution in [0.4, 0.5) is 16.2 Å². The van der Waals surface area contributed by atoms with Crippen molar-refractivity contribution in [2.24, 2.45) is 0 Å². The van der Waals surface area contributed by atoms with Crippen molar-refractivity contribution in [3.8, 4) is 0 Å². The normalized spacial score (nSPS) is 15.0. The van der Waals surface area contributed by atoms with E-state index in [1.165, 1.54) is 0 Å². The van der Waals surface area contributed by atoms with Crippen LogP contribution in [0.2, 0.25) is 0 Å². The van der Waals surface area contributed by atoms with Crippen LogP contribution in [0, 0.1) is 0 Å². The molecule has 28 heavy (non-hydrogen) atoms. The first-order valence-electron chi connectivity index (χ1n) is 9.09. The molecule has 1 saturated heterocycles. The number of carbonyl (C=O) groups is 2. The summed E-state index contributed by atoms with van der Waals surface area (Å²) in [4.78, 5) is 29.0. The molecule has 0 aliphatic carbocycles. The Hall–Kier alpha value is -2.87. The van der Waals surface area contributed by atoms with Crippen molar-refractivity contribution in [3.05, 3.63) is 54.6 Å². The van der Waals surface area contributed by atoms with E-state index in [4.69, 9.17) is 0 Å². The molecule has 2 N–H and O–H groups in total. The third-order valence-corrected chi connectivity index (χ3v) is 5.57. The lowest BCUT2D eigenvalue weighted by Crippen LogP contribution is -2.51. The second-order valence-electron chi connectivity index (χ2n) is 6.46. The molecule has 148 valence electrons. The first kappa shape index (κ1) is 19.9. The Bertz CT molecular complexity index is 852. The number of piperazine rings is 1. The van der Waals surface area contributed by atoms with Crippen LogP contribution in [0.25, 0.3) is 0 Å². The number of urea groups is 1. The van der Waals surface area contributed by atoms with Gasteiger partial charge in [0.2, 0.25) is 5.91 Å². The van der Waals surface area contributed by atoms with Gasteiger partial charge in [0.05, 0.1) is 27.9 Å². The monoisotopic (exact) mass is 400 g/mol. The van der Waals surface area contributed by atoms with Gasteiger partial charge in [0.25, 0.3) is 0 Å². The highest BCUT2D eigenvalue weighted by atomic mass is 32.2. The fourth-order valence-electron chi connectivity index (χ4n) is 3.11. The molecule has 0 radical (unpaired) electrons. The lowest BCUT2D eigenvalue weighted by molar-refractivity contribution is -0.130. The SMILES string of the molecule is C[S@](=O)c1ccccc1NC(=O)NCC(=O)N1CCN(c2ccccc2)CC1. The molecule has 2 aromatic carbocycles. The zero-order valence-electron chi connectivity index (χ0n) is 15.8. The number of nitrogens with zero attached hydrogens (tertiary/aromatic N) is 2. The molecule has 1 heterocycles. The van der Waals surface area contributed by atoms with E-state index in [0.29, 0.717) is 23.7 Å². The summed E-state index contributed by atoms with van der Waals surface area (Å²) < 4.78 is 11.7. The Morgan fingerprint density at radius 2 is 1.61 bits per heavy atom. The average Bonchev–Trinajstić information content (AvgIpc) is 2.73. The number of anilines is 2. The topological polar surface area (TPSA) is 81.8 Å². The van der Waals surface area contributed by atoms with Gasteiger partial charge < -0.3 is 20.4 Å². The van der Waals surface area contributed by atoms with E-state index in [1.54, 1.807) is 35.4 Å². The molecule has 7 nitrogen and oxygen atoms in total. The van der Waals surface area contributed by atoms with Gasteiger partial charge in [-0.25, -0.2) is 4.79 Å². The van der Waals surface area contributed by atoms with Gasteiger partial charge in [0, 0.05) is 38.1 Å². The first-order valence-corrected chi connectivity index (χ1v) is 10.7. The molecule has 1 atom stereocenters. The van der Waals surface area contributed by atoms with Gasteiger partial charge in [0.1, 0.15) is 0 Å². The standard InChI is InChI=1S/C20H24N4O3S/c1-28(27)18-10-6-5-9-17(18)22-20(26)21-15-19(25)24-13-11-23(12-14-24)16-7-3-2-4-8-16/h2-10H,11-15H2,1H3,(H2,21,22,26)/t28-/m0/s1. The minimum absolute atomic E-state index is 0.0748. The van der Waals surface area contributed by atoms with Crippen molar-refractivity contribution in [1.29, 1.82) is 0 Å². The maximum Gasteiger partial charge on any atom is 0.319 e. The molecule has 0 spiro atoms. The summed E-state index contributed by atoms with van der Waals surface area (Å²) in [5.74, 6) is -0.116. The molecule has 1 fully saturated rings. The van der Waals surface area contributed by atoms with Crippen LogP contribution < -0.4 is 15.5 Å². The van der Waals surface area contributed by atoms with Crippen LogP contribution in [0.5, 0.6) is 0 Å². The highest BCUT2D eigenvalue weighted by molar-refractivity contribution is 7.84. The molecular weight excluding hydrogens is 376 g/mol. The number of hydrogen-bond donors (Lipinski definition) is 2. The van der Waals surface area contributed by atoms with Crippen LogP contribution in [0.15, 0.2) is 59.5 Å². The fourth-order valence-corrected chi connectivity index (χ4v) is 3.81. The number of amides is 3. The van der Waals surface area contributed by atoms with E-state index in [-0.39, 0.29) is 12.5 Å². The largest absolute Gasteiger partial charge is 0.368 e. The molecule has 0 unspecified atom stereocenters. The van der Waals surface area contributed by atoms with Crippen molar-refractivity contribution in [2.45, 2.75) is 4.90 Å². The minimum Gasteiger partial charge on any atom is -0.368 e. The Morgan fingerprint density at radius 1 is 0.964 bits per heavy atom. The van der Waals surface area contributed by atoms with Crippen LogP contribution in [-0.2, 0) is 15.6 Å². The van der Waals surface area contributed by atoms with E-state index >= 15 is 0 Å². The summed E-state index contributed by atoms with van der Waals surface area (Å²) in [6.45, 7) is 2.69. The summed E-state index contributed by atoms with van der Waals surface area (Å²) in [5.41, 5.74) is 1.63. The summed E-state index contributed by atoms with van der Waals surface area (Å²) >= 11 is 0. The Balaban J connectivity index is 1.46. The van der Waals surface area contributed by atoms with Gasteiger partial charge in [-0.1, -0.05) is 30.3 Å². The van der Waals surface area contributed by atoms with E-state index in [1.807, 2.05) is 18.2 Å². The highest BCUT2D eigenvalue weighted by Crippen LogP contribution is 2.18. The van der Waals surface area contributed by atoms with Gasteiger partial charge in [-0.3, -0.25) is 9.00 Å². The molecule has 0 saturated carbocycles. The van der Waals surface area contributed by atoms with E-state index in [0.717, 1.165) is 18.8 Å². The molecule has 3 rings (SSSR count). The number of nitrogens with one attached hydrogen (secondary N) is 2. The number of para-hydroxylation sites is 2. The number of hydrogen-bond acceptors (Lipinski definition) is 4. The molecule has 0 aromatic heterocycles. The van der Waals surface area contributed by atoms with Crippen molar-refractivity contribution in [2.75, 3.05) is 49.2 Å². The van der Waals surface area contributed by atoms with Crippen LogP contribution in [-0.4, -0.2) is 60.0 Å². The number of benzene rings is 2. The Morgan fingerprint density at radius 3 is 2.29 bits per heavy atom. The zero-order chi connectivity index (χ0) is 19.9. The van der Waals surface area contributed by atoms with Gasteiger partial charge in [-0.15, -0.1) is 0 Å². The molecule has 1 aliphatic rings. The number of rotatable bonds is 5. The van der Waals surface area contributed by atoms with Gasteiger partial charge in [-0.2, -0.15) is 0 Å².